The zero-order chi connectivity index (χ0) is 25.1. The second kappa shape index (κ2) is 10.3. The third kappa shape index (κ3) is 6.78. The molecule has 1 fully saturated rings. The number of ether oxygens (including phenoxy) is 1. The van der Waals surface area contributed by atoms with E-state index in [-0.39, 0.29) is 16.6 Å². The Morgan fingerprint density at radius 3 is 2.26 bits per heavy atom. The second-order valence-electron chi connectivity index (χ2n) is 9.53. The Labute approximate surface area is 206 Å². The number of nitrogens with zero attached hydrogens (tertiary/aromatic N) is 3. The first kappa shape index (κ1) is 25.1. The molecule has 1 aliphatic rings. The van der Waals surface area contributed by atoms with Crippen molar-refractivity contribution in [2.24, 2.45) is 0 Å². The molecule has 186 valence electrons. The molecule has 0 atom stereocenters. The van der Waals surface area contributed by atoms with Crippen molar-refractivity contribution in [1.29, 1.82) is 0 Å². The average Bonchev–Trinajstić information content (AvgIpc) is 2.84. The van der Waals surface area contributed by atoms with E-state index in [1.54, 1.807) is 38.4 Å². The molecule has 3 N–H and O–H groups in total. The summed E-state index contributed by atoms with van der Waals surface area (Å²) in [4.78, 5) is 10.5. The van der Waals surface area contributed by atoms with Crippen LogP contribution in [0.5, 0.6) is 0 Å². The maximum absolute atomic E-state index is 13.5. The molecule has 0 unspecified atom stereocenters. The van der Waals surface area contributed by atoms with Crippen molar-refractivity contribution >= 4 is 21.5 Å². The van der Waals surface area contributed by atoms with Crippen molar-refractivity contribution in [2.75, 3.05) is 36.9 Å². The molecular weight excluding hydrogens is 464 g/mol. The Kier molecular flexibility index (Phi) is 7.39. The Hall–Kier alpha value is -3.01. The van der Waals surface area contributed by atoms with Crippen LogP contribution in [-0.2, 0) is 26.7 Å². The standard InChI is InChI=1S/C26H32N4O4S/c1-26(2,31)8-7-19-3-5-20(6-4-19)18-35(32,33)24-14-21(22-16-28-25(27)29-17-22)13-23(15-24)30-9-11-34-12-10-30/h3-6,13-17,31H,7-12,18H2,1-2H3,(H2,27,28,29). The van der Waals surface area contributed by atoms with E-state index >= 15 is 0 Å². The molecule has 1 aromatic heterocycles. The van der Waals surface area contributed by atoms with Gasteiger partial charge < -0.3 is 20.5 Å². The van der Waals surface area contributed by atoms with Gasteiger partial charge in [-0.2, -0.15) is 0 Å². The largest absolute Gasteiger partial charge is 0.390 e. The van der Waals surface area contributed by atoms with Gasteiger partial charge in [0.15, 0.2) is 9.84 Å². The molecule has 35 heavy (non-hydrogen) atoms. The topological polar surface area (TPSA) is 119 Å². The quantitative estimate of drug-likeness (QED) is 0.488. The molecule has 1 saturated heterocycles. The number of hydrogen-bond acceptors (Lipinski definition) is 8. The lowest BCUT2D eigenvalue weighted by molar-refractivity contribution is 0.0714. The Morgan fingerprint density at radius 2 is 1.63 bits per heavy atom. The van der Waals surface area contributed by atoms with Crippen molar-refractivity contribution in [3.8, 4) is 11.1 Å². The first-order valence-corrected chi connectivity index (χ1v) is 13.3. The van der Waals surface area contributed by atoms with Crippen LogP contribution in [0, 0.1) is 0 Å². The number of morpholine rings is 1. The highest BCUT2D eigenvalue weighted by Gasteiger charge is 2.21. The zero-order valence-electron chi connectivity index (χ0n) is 20.1. The van der Waals surface area contributed by atoms with Gasteiger partial charge >= 0.3 is 0 Å². The minimum atomic E-state index is -3.62. The van der Waals surface area contributed by atoms with E-state index in [9.17, 15) is 13.5 Å². The van der Waals surface area contributed by atoms with Crippen molar-refractivity contribution in [3.05, 3.63) is 66.0 Å². The van der Waals surface area contributed by atoms with Gasteiger partial charge in [0, 0.05) is 36.7 Å². The molecule has 2 aromatic carbocycles. The van der Waals surface area contributed by atoms with Gasteiger partial charge in [-0.15, -0.1) is 0 Å². The number of hydrogen-bond donors (Lipinski definition) is 2. The van der Waals surface area contributed by atoms with Gasteiger partial charge in [0.25, 0.3) is 0 Å². The summed E-state index contributed by atoms with van der Waals surface area (Å²) >= 11 is 0. The molecule has 0 saturated carbocycles. The monoisotopic (exact) mass is 496 g/mol. The lowest BCUT2D eigenvalue weighted by Gasteiger charge is -2.29. The van der Waals surface area contributed by atoms with Crippen LogP contribution in [0.2, 0.25) is 0 Å². The van der Waals surface area contributed by atoms with E-state index in [4.69, 9.17) is 10.5 Å². The van der Waals surface area contributed by atoms with E-state index in [1.165, 1.54) is 0 Å². The summed E-state index contributed by atoms with van der Waals surface area (Å²) in [5.74, 6) is 0.0557. The lowest BCUT2D eigenvalue weighted by atomic mass is 9.98. The molecule has 0 aliphatic carbocycles. The summed E-state index contributed by atoms with van der Waals surface area (Å²) in [7, 11) is -3.62. The summed E-state index contributed by atoms with van der Waals surface area (Å²) < 4.78 is 32.4. The highest BCUT2D eigenvalue weighted by Crippen LogP contribution is 2.31. The van der Waals surface area contributed by atoms with Crippen molar-refractivity contribution in [2.45, 2.75) is 42.9 Å². The normalized spacial score (nSPS) is 14.8. The van der Waals surface area contributed by atoms with Gasteiger partial charge in [-0.25, -0.2) is 18.4 Å². The van der Waals surface area contributed by atoms with Gasteiger partial charge in [-0.05, 0) is 61.6 Å². The smallest absolute Gasteiger partial charge is 0.219 e. The van der Waals surface area contributed by atoms with Gasteiger partial charge in [0.2, 0.25) is 5.95 Å². The molecule has 0 bridgehead atoms. The third-order valence-electron chi connectivity index (χ3n) is 6.04. The molecule has 8 nitrogen and oxygen atoms in total. The lowest BCUT2D eigenvalue weighted by Crippen LogP contribution is -2.36. The molecule has 9 heteroatoms. The summed E-state index contributed by atoms with van der Waals surface area (Å²) in [5, 5.41) is 9.94. The van der Waals surface area contributed by atoms with Gasteiger partial charge in [-0.1, -0.05) is 24.3 Å². The molecular formula is C26H32N4O4S. The van der Waals surface area contributed by atoms with E-state index in [0.29, 0.717) is 43.9 Å². The molecule has 3 aromatic rings. The minimum Gasteiger partial charge on any atom is -0.390 e. The number of sulfone groups is 1. The SMILES string of the molecule is CC(C)(O)CCc1ccc(CS(=O)(=O)c2cc(-c3cnc(N)nc3)cc(N3CCOCC3)c2)cc1. The van der Waals surface area contributed by atoms with Crippen LogP contribution in [0.15, 0.2) is 59.8 Å². The molecule has 4 rings (SSSR count). The molecule has 0 amide bonds. The third-order valence-corrected chi connectivity index (χ3v) is 7.70. The van der Waals surface area contributed by atoms with Gasteiger partial charge in [0.1, 0.15) is 0 Å². The molecule has 2 heterocycles. The fourth-order valence-electron chi connectivity index (χ4n) is 3.98. The predicted octanol–water partition coefficient (Wildman–Crippen LogP) is 3.24. The minimum absolute atomic E-state index is 0.108. The van der Waals surface area contributed by atoms with Gasteiger partial charge in [0.05, 0.1) is 29.5 Å². The van der Waals surface area contributed by atoms with E-state index < -0.39 is 15.4 Å². The number of benzene rings is 2. The van der Waals surface area contributed by atoms with Crippen molar-refractivity contribution in [3.63, 3.8) is 0 Å². The second-order valence-corrected chi connectivity index (χ2v) is 11.5. The summed E-state index contributed by atoms with van der Waals surface area (Å²) in [5.41, 5.74) is 8.91. The summed E-state index contributed by atoms with van der Waals surface area (Å²) in [6.07, 6.45) is 4.56. The maximum Gasteiger partial charge on any atom is 0.219 e. The fourth-order valence-corrected chi connectivity index (χ4v) is 5.38. The Balaban J connectivity index is 1.62. The number of aryl methyl sites for hydroxylation is 1. The number of aromatic nitrogens is 2. The first-order valence-electron chi connectivity index (χ1n) is 11.7. The molecule has 0 radical (unpaired) electrons. The van der Waals surface area contributed by atoms with E-state index in [1.807, 2.05) is 30.3 Å². The van der Waals surface area contributed by atoms with Crippen LogP contribution in [0.25, 0.3) is 11.1 Å². The van der Waals surface area contributed by atoms with E-state index in [2.05, 4.69) is 14.9 Å². The van der Waals surface area contributed by atoms with Crippen LogP contribution in [0.1, 0.15) is 31.4 Å². The van der Waals surface area contributed by atoms with Gasteiger partial charge in [-0.3, -0.25) is 0 Å². The number of aliphatic hydroxyl groups is 1. The highest BCUT2D eigenvalue weighted by atomic mass is 32.2. The Morgan fingerprint density at radius 1 is 1.00 bits per heavy atom. The van der Waals surface area contributed by atoms with E-state index in [0.717, 1.165) is 23.2 Å². The average molecular weight is 497 g/mol. The zero-order valence-corrected chi connectivity index (χ0v) is 21.0. The maximum atomic E-state index is 13.5. The number of nitrogens with two attached hydrogens (primary N) is 1. The van der Waals surface area contributed by atoms with Crippen LogP contribution < -0.4 is 10.6 Å². The number of nitrogen functional groups attached to an aromatic ring is 1. The van der Waals surface area contributed by atoms with Crippen LogP contribution in [0.4, 0.5) is 11.6 Å². The van der Waals surface area contributed by atoms with Crippen LogP contribution >= 0.6 is 0 Å². The van der Waals surface area contributed by atoms with Crippen molar-refractivity contribution in [1.82, 2.24) is 9.97 Å². The predicted molar refractivity (Wildman–Crippen MR) is 137 cm³/mol. The fraction of sp³-hybridized carbons (Fsp3) is 0.385. The van der Waals surface area contributed by atoms with Crippen molar-refractivity contribution < 1.29 is 18.3 Å². The van der Waals surface area contributed by atoms with Crippen LogP contribution in [0.3, 0.4) is 0 Å². The summed E-state index contributed by atoms with van der Waals surface area (Å²) in [6.45, 7) is 6.13. The highest BCUT2D eigenvalue weighted by molar-refractivity contribution is 7.90. The molecule has 0 spiro atoms. The van der Waals surface area contributed by atoms with Crippen LogP contribution in [-0.4, -0.2) is 55.4 Å². The summed E-state index contributed by atoms with van der Waals surface area (Å²) in [6, 6.07) is 12.9. The number of anilines is 2. The molecule has 1 aliphatic heterocycles. The Bertz CT molecular complexity index is 1250. The number of rotatable bonds is 8. The first-order chi connectivity index (χ1) is 16.6.